The summed E-state index contributed by atoms with van der Waals surface area (Å²) in [5.41, 5.74) is 7.79. The monoisotopic (exact) mass is 483 g/mol. The molecule has 3 heterocycles. The molecule has 5 rings (SSSR count). The minimum absolute atomic E-state index is 0.127. The Morgan fingerprint density at radius 3 is 2.76 bits per heavy atom. The Morgan fingerprint density at radius 2 is 2.03 bits per heavy atom. The van der Waals surface area contributed by atoms with Gasteiger partial charge in [0.1, 0.15) is 29.5 Å². The Bertz CT molecular complexity index is 1580. The van der Waals surface area contributed by atoms with E-state index in [4.69, 9.17) is 10.5 Å². The Labute approximate surface area is 194 Å². The largest absolute Gasteiger partial charge is 0.491 e. The molecule has 0 saturated heterocycles. The van der Waals surface area contributed by atoms with Crippen LogP contribution in [0.1, 0.15) is 35.8 Å². The zero-order valence-electron chi connectivity index (χ0n) is 18.7. The van der Waals surface area contributed by atoms with E-state index < -0.39 is 32.9 Å². The van der Waals surface area contributed by atoms with Crippen molar-refractivity contribution in [2.45, 2.75) is 30.0 Å². The smallest absolute Gasteiger partial charge is 0.257 e. The summed E-state index contributed by atoms with van der Waals surface area (Å²) in [6.07, 6.45) is 3.06. The number of anilines is 1. The van der Waals surface area contributed by atoms with Crippen LogP contribution < -0.4 is 10.5 Å². The highest BCUT2D eigenvalue weighted by Crippen LogP contribution is 2.38. The van der Waals surface area contributed by atoms with Crippen LogP contribution >= 0.6 is 0 Å². The minimum atomic E-state index is -3.47. The summed E-state index contributed by atoms with van der Waals surface area (Å²) in [6.45, 7) is 3.35. The number of hydrogen-bond donors (Lipinski definition) is 1. The number of aromatic nitrogens is 3. The van der Waals surface area contributed by atoms with Gasteiger partial charge < -0.3 is 15.4 Å². The first-order chi connectivity index (χ1) is 16.1. The molecule has 1 amide bonds. The number of carbonyl (C=O) groups is 1. The van der Waals surface area contributed by atoms with Gasteiger partial charge >= 0.3 is 0 Å². The molecule has 34 heavy (non-hydrogen) atoms. The third-order valence-electron chi connectivity index (χ3n) is 6.17. The summed E-state index contributed by atoms with van der Waals surface area (Å²) in [4.78, 5) is 23.2. The average Bonchev–Trinajstić information content (AvgIpc) is 3.45. The maximum absolute atomic E-state index is 15.0. The normalized spacial score (nSPS) is 15.6. The number of nitrogen functional groups attached to an aromatic ring is 1. The number of rotatable bonds is 4. The van der Waals surface area contributed by atoms with Gasteiger partial charge in [0.15, 0.2) is 9.84 Å². The van der Waals surface area contributed by atoms with Crippen molar-refractivity contribution in [3.8, 4) is 5.75 Å². The lowest BCUT2D eigenvalue weighted by Crippen LogP contribution is -2.32. The van der Waals surface area contributed by atoms with E-state index in [1.54, 1.807) is 37.6 Å². The molecule has 2 N–H and O–H groups in total. The molecular formula is C23H22FN5O4S. The lowest BCUT2D eigenvalue weighted by Gasteiger charge is -2.24. The van der Waals surface area contributed by atoms with Crippen LogP contribution in [0.2, 0.25) is 0 Å². The summed E-state index contributed by atoms with van der Waals surface area (Å²) < 4.78 is 47.3. The van der Waals surface area contributed by atoms with E-state index in [-0.39, 0.29) is 22.9 Å². The predicted molar refractivity (Wildman–Crippen MR) is 124 cm³/mol. The summed E-state index contributed by atoms with van der Waals surface area (Å²) in [6, 6.07) is 6.73. The van der Waals surface area contributed by atoms with Crippen molar-refractivity contribution in [3.63, 3.8) is 0 Å². The Hall–Kier alpha value is -3.73. The number of fused-ring (bicyclic) bond motifs is 4. The molecule has 0 unspecified atom stereocenters. The fourth-order valence-electron chi connectivity index (χ4n) is 4.14. The van der Waals surface area contributed by atoms with Crippen LogP contribution in [0.5, 0.6) is 5.75 Å². The second-order valence-electron chi connectivity index (χ2n) is 8.50. The van der Waals surface area contributed by atoms with Gasteiger partial charge in [-0.1, -0.05) is 6.07 Å². The van der Waals surface area contributed by atoms with Gasteiger partial charge in [-0.05, 0) is 32.0 Å². The number of likely N-dealkylation sites (N-methyl/N-ethyl adjacent to an activating group) is 1. The van der Waals surface area contributed by atoms with E-state index >= 15 is 0 Å². The molecule has 1 atom stereocenters. The summed E-state index contributed by atoms with van der Waals surface area (Å²) in [5.74, 6) is -0.678. The summed E-state index contributed by atoms with van der Waals surface area (Å²) in [5, 5.41) is -0.574. The Balaban J connectivity index is 1.51. The highest BCUT2D eigenvalue weighted by atomic mass is 32.2. The molecular weight excluding hydrogens is 461 g/mol. The van der Waals surface area contributed by atoms with Gasteiger partial charge in [-0.2, -0.15) is 0 Å². The average molecular weight is 484 g/mol. The predicted octanol–water partition coefficient (Wildman–Crippen LogP) is 2.99. The standard InChI is InChI=1S/C23H22FN5O4S/c1-12(2)34(31,32)13-4-5-14-20(10-33-21(14)6-13)28(3)23(30)15-7-18-17(8-16(15)24)27-22(25)19-9-26-11-29(18)19/h4-9,11-12,20H,10H2,1-3H3,(H2,25,27)/t20-/m1/s1. The molecule has 2 aromatic carbocycles. The van der Waals surface area contributed by atoms with Gasteiger partial charge in [-0.3, -0.25) is 9.20 Å². The third kappa shape index (κ3) is 3.26. The number of carbonyl (C=O) groups excluding carboxylic acids is 1. The Kier molecular flexibility index (Phi) is 4.97. The number of hydrogen-bond acceptors (Lipinski definition) is 7. The van der Waals surface area contributed by atoms with Crippen LogP contribution in [-0.4, -0.2) is 52.5 Å². The van der Waals surface area contributed by atoms with E-state index in [0.717, 1.165) is 0 Å². The molecule has 0 fully saturated rings. The maximum atomic E-state index is 15.0. The van der Waals surface area contributed by atoms with Crippen LogP contribution in [0, 0.1) is 5.82 Å². The van der Waals surface area contributed by atoms with Gasteiger partial charge in [-0.25, -0.2) is 22.8 Å². The number of halogens is 1. The lowest BCUT2D eigenvalue weighted by molar-refractivity contribution is 0.0704. The van der Waals surface area contributed by atoms with E-state index in [9.17, 15) is 17.6 Å². The van der Waals surface area contributed by atoms with Crippen molar-refractivity contribution < 1.29 is 22.3 Å². The van der Waals surface area contributed by atoms with Crippen LogP contribution in [0.3, 0.4) is 0 Å². The number of nitrogens with two attached hydrogens (primary N) is 1. The van der Waals surface area contributed by atoms with E-state index in [1.807, 2.05) is 0 Å². The first kappa shape index (κ1) is 22.1. The number of amides is 1. The summed E-state index contributed by atoms with van der Waals surface area (Å²) >= 11 is 0. The van der Waals surface area contributed by atoms with E-state index in [1.165, 1.54) is 35.5 Å². The number of sulfone groups is 1. The molecule has 1 aliphatic rings. The number of imidazole rings is 1. The zero-order valence-corrected chi connectivity index (χ0v) is 19.5. The number of nitrogens with zero attached hydrogens (tertiary/aromatic N) is 4. The van der Waals surface area contributed by atoms with Crippen molar-refractivity contribution in [1.29, 1.82) is 0 Å². The van der Waals surface area contributed by atoms with Crippen LogP contribution in [0.25, 0.3) is 16.6 Å². The Morgan fingerprint density at radius 1 is 1.26 bits per heavy atom. The van der Waals surface area contributed by atoms with Crippen LogP contribution in [0.15, 0.2) is 47.8 Å². The first-order valence-corrected chi connectivity index (χ1v) is 12.1. The fourth-order valence-corrected chi connectivity index (χ4v) is 5.21. The molecule has 1 aliphatic heterocycles. The van der Waals surface area contributed by atoms with Gasteiger partial charge in [-0.15, -0.1) is 0 Å². The highest BCUT2D eigenvalue weighted by Gasteiger charge is 2.33. The van der Waals surface area contributed by atoms with Crippen molar-refractivity contribution in [3.05, 3.63) is 59.8 Å². The molecule has 4 aromatic rings. The molecule has 0 spiro atoms. The highest BCUT2D eigenvalue weighted by molar-refractivity contribution is 7.92. The van der Waals surface area contributed by atoms with Gasteiger partial charge in [0.25, 0.3) is 5.91 Å². The van der Waals surface area contributed by atoms with Crippen molar-refractivity contribution >= 4 is 38.1 Å². The molecule has 176 valence electrons. The van der Waals surface area contributed by atoms with Crippen molar-refractivity contribution in [1.82, 2.24) is 19.3 Å². The van der Waals surface area contributed by atoms with Crippen LogP contribution in [0.4, 0.5) is 10.2 Å². The van der Waals surface area contributed by atoms with Crippen molar-refractivity contribution in [2.75, 3.05) is 19.4 Å². The molecule has 0 aliphatic carbocycles. The molecule has 0 radical (unpaired) electrons. The fraction of sp³-hybridized carbons (Fsp3) is 0.261. The maximum Gasteiger partial charge on any atom is 0.257 e. The number of benzene rings is 2. The third-order valence-corrected chi connectivity index (χ3v) is 8.33. The van der Waals surface area contributed by atoms with Crippen molar-refractivity contribution in [2.24, 2.45) is 0 Å². The SMILES string of the molecule is CC(C)S(=O)(=O)c1ccc2c(c1)OC[C@H]2N(C)C(=O)c1cc2c(cc1F)nc(N)c1cncn12. The summed E-state index contributed by atoms with van der Waals surface area (Å²) in [7, 11) is -1.91. The molecule has 11 heteroatoms. The molecule has 0 bridgehead atoms. The second kappa shape index (κ2) is 7.66. The quantitative estimate of drug-likeness (QED) is 0.474. The second-order valence-corrected chi connectivity index (χ2v) is 11.0. The van der Waals surface area contributed by atoms with Gasteiger partial charge in [0.2, 0.25) is 0 Å². The van der Waals surface area contributed by atoms with Gasteiger partial charge in [0, 0.05) is 18.7 Å². The molecule has 0 saturated carbocycles. The lowest BCUT2D eigenvalue weighted by atomic mass is 10.1. The molecule has 9 nitrogen and oxygen atoms in total. The topological polar surface area (TPSA) is 120 Å². The van der Waals surface area contributed by atoms with E-state index in [0.29, 0.717) is 27.9 Å². The van der Waals surface area contributed by atoms with Crippen LogP contribution in [-0.2, 0) is 9.84 Å². The minimum Gasteiger partial charge on any atom is -0.491 e. The number of ether oxygens (including phenoxy) is 1. The zero-order chi connectivity index (χ0) is 24.4. The first-order valence-electron chi connectivity index (χ1n) is 10.6. The molecule has 2 aromatic heterocycles. The van der Waals surface area contributed by atoms with Gasteiger partial charge in [0.05, 0.1) is 45.3 Å². The van der Waals surface area contributed by atoms with E-state index in [2.05, 4.69) is 9.97 Å².